The lowest BCUT2D eigenvalue weighted by atomic mass is 10.1. The first kappa shape index (κ1) is 18.4. The number of carbonyl (C=O) groups is 1. The van der Waals surface area contributed by atoms with Gasteiger partial charge in [-0.25, -0.2) is 18.0 Å². The van der Waals surface area contributed by atoms with E-state index < -0.39 is 46.9 Å². The van der Waals surface area contributed by atoms with Gasteiger partial charge in [0.1, 0.15) is 0 Å². The molecule has 22 heavy (non-hydrogen) atoms. The molecule has 5 nitrogen and oxygen atoms in total. The molecule has 0 saturated heterocycles. The fourth-order valence-corrected chi connectivity index (χ4v) is 1.89. The molecule has 3 unspecified atom stereocenters. The second-order valence-electron chi connectivity index (χ2n) is 4.70. The Morgan fingerprint density at radius 2 is 1.86 bits per heavy atom. The van der Waals surface area contributed by atoms with Crippen LogP contribution in [0.15, 0.2) is 12.1 Å². The number of hydrogen-bond acceptors (Lipinski definition) is 3. The highest BCUT2D eigenvalue weighted by atomic mass is 32.2. The number of nitrogens with one attached hydrogen (secondary N) is 2. The van der Waals surface area contributed by atoms with Crippen LogP contribution in [0.2, 0.25) is 0 Å². The molecular formula is C13H17F3N2O3S. The summed E-state index contributed by atoms with van der Waals surface area (Å²) in [6, 6.07) is -0.416. The maximum Gasteiger partial charge on any atom is 0.315 e. The molecule has 0 aromatic heterocycles. The molecule has 0 aliphatic carbocycles. The number of benzene rings is 1. The number of aliphatic hydroxyl groups excluding tert-OH is 1. The zero-order valence-corrected chi connectivity index (χ0v) is 12.8. The summed E-state index contributed by atoms with van der Waals surface area (Å²) in [6.45, 7) is 1.16. The molecule has 1 rings (SSSR count). The third kappa shape index (κ3) is 4.99. The molecule has 0 spiro atoms. The average molecular weight is 338 g/mol. The van der Waals surface area contributed by atoms with Crippen LogP contribution in [-0.2, 0) is 10.8 Å². The Labute approximate surface area is 128 Å². The van der Waals surface area contributed by atoms with Gasteiger partial charge in [-0.15, -0.1) is 0 Å². The summed E-state index contributed by atoms with van der Waals surface area (Å²) in [5, 5.41) is 13.7. The van der Waals surface area contributed by atoms with E-state index in [1.165, 1.54) is 6.26 Å². The lowest BCUT2D eigenvalue weighted by Crippen LogP contribution is -2.42. The number of hydrogen-bond donors (Lipinski definition) is 3. The first-order valence-electron chi connectivity index (χ1n) is 6.38. The third-order valence-electron chi connectivity index (χ3n) is 3.01. The third-order valence-corrected chi connectivity index (χ3v) is 4.31. The minimum atomic E-state index is -1.62. The van der Waals surface area contributed by atoms with Crippen molar-refractivity contribution in [3.63, 3.8) is 0 Å². The number of carbonyl (C=O) groups excluding carboxylic acids is 1. The highest BCUT2D eigenvalue weighted by molar-refractivity contribution is 7.84. The molecule has 0 heterocycles. The molecule has 0 aliphatic heterocycles. The average Bonchev–Trinajstić information content (AvgIpc) is 2.47. The quantitative estimate of drug-likeness (QED) is 0.682. The van der Waals surface area contributed by atoms with E-state index in [4.69, 9.17) is 0 Å². The monoisotopic (exact) mass is 338 g/mol. The first-order valence-corrected chi connectivity index (χ1v) is 8.00. The van der Waals surface area contributed by atoms with Gasteiger partial charge in [-0.2, -0.15) is 0 Å². The van der Waals surface area contributed by atoms with Crippen LogP contribution in [0, 0.1) is 17.5 Å². The zero-order valence-electron chi connectivity index (χ0n) is 12.0. The second kappa shape index (κ2) is 8.14. The first-order chi connectivity index (χ1) is 10.3. The maximum absolute atomic E-state index is 13.2. The molecule has 0 bridgehead atoms. The Bertz CT molecular complexity index is 548. The molecule has 0 radical (unpaired) electrons. The van der Waals surface area contributed by atoms with E-state index >= 15 is 0 Å². The van der Waals surface area contributed by atoms with E-state index in [-0.39, 0.29) is 17.4 Å². The Balaban J connectivity index is 2.73. The van der Waals surface area contributed by atoms with Gasteiger partial charge in [0.05, 0.1) is 12.6 Å². The molecule has 0 aliphatic rings. The van der Waals surface area contributed by atoms with Crippen molar-refractivity contribution in [3.05, 3.63) is 35.1 Å². The number of urea groups is 1. The van der Waals surface area contributed by atoms with E-state index in [1.807, 2.05) is 0 Å². The summed E-state index contributed by atoms with van der Waals surface area (Å²) in [5.41, 5.74) is -0.110. The van der Waals surface area contributed by atoms with E-state index in [0.29, 0.717) is 12.1 Å². The van der Waals surface area contributed by atoms with Gasteiger partial charge in [0, 0.05) is 28.9 Å². The molecular weight excluding hydrogens is 321 g/mol. The van der Waals surface area contributed by atoms with Crippen molar-refractivity contribution >= 4 is 16.8 Å². The molecule has 1 aromatic rings. The van der Waals surface area contributed by atoms with Crippen molar-refractivity contribution in [1.82, 2.24) is 10.6 Å². The van der Waals surface area contributed by atoms with Gasteiger partial charge in [0.25, 0.3) is 0 Å². The summed E-state index contributed by atoms with van der Waals surface area (Å²) in [4.78, 5) is 11.7. The van der Waals surface area contributed by atoms with Crippen LogP contribution in [0.4, 0.5) is 18.0 Å². The number of halogens is 3. The van der Waals surface area contributed by atoms with Crippen molar-refractivity contribution in [1.29, 1.82) is 0 Å². The number of amides is 2. The van der Waals surface area contributed by atoms with Crippen molar-refractivity contribution < 1.29 is 27.3 Å². The summed E-state index contributed by atoms with van der Waals surface area (Å²) in [7, 11) is -1.12. The Hall–Kier alpha value is -1.61. The Kier molecular flexibility index (Phi) is 6.82. The van der Waals surface area contributed by atoms with E-state index in [1.54, 1.807) is 6.92 Å². The molecule has 3 N–H and O–H groups in total. The normalized spacial score (nSPS) is 15.0. The van der Waals surface area contributed by atoms with Gasteiger partial charge in [-0.05, 0) is 24.6 Å². The fourth-order valence-electron chi connectivity index (χ4n) is 1.57. The summed E-state index contributed by atoms with van der Waals surface area (Å²) < 4.78 is 50.3. The minimum Gasteiger partial charge on any atom is -0.394 e. The second-order valence-corrected chi connectivity index (χ2v) is 6.50. The zero-order chi connectivity index (χ0) is 16.9. The predicted octanol–water partition coefficient (Wildman–Crippen LogP) is 1.20. The smallest absolute Gasteiger partial charge is 0.315 e. The highest BCUT2D eigenvalue weighted by Crippen LogP contribution is 2.19. The van der Waals surface area contributed by atoms with Crippen LogP contribution in [0.3, 0.4) is 0 Å². The summed E-state index contributed by atoms with van der Waals surface area (Å²) >= 11 is 0. The van der Waals surface area contributed by atoms with Crippen LogP contribution < -0.4 is 10.6 Å². The van der Waals surface area contributed by atoms with Crippen molar-refractivity contribution in [3.8, 4) is 0 Å². The topological polar surface area (TPSA) is 78.4 Å². The van der Waals surface area contributed by atoms with Gasteiger partial charge in [-0.1, -0.05) is 0 Å². The van der Waals surface area contributed by atoms with Crippen molar-refractivity contribution in [2.24, 2.45) is 0 Å². The van der Waals surface area contributed by atoms with Crippen molar-refractivity contribution in [2.45, 2.75) is 18.2 Å². The van der Waals surface area contributed by atoms with Crippen LogP contribution >= 0.6 is 0 Å². The SMILES string of the molecule is CC(CNC(=O)NC(CO)c1cc(F)c(F)c(F)c1)S(C)=O. The molecule has 3 atom stereocenters. The van der Waals surface area contributed by atoms with Crippen LogP contribution in [0.1, 0.15) is 18.5 Å². The standard InChI is InChI=1S/C13H17F3N2O3S/c1-7(22(2)21)5-17-13(20)18-11(6-19)8-3-9(14)12(16)10(15)4-8/h3-4,7,11,19H,5-6H2,1-2H3,(H2,17,18,20). The number of aliphatic hydroxyl groups is 1. The lowest BCUT2D eigenvalue weighted by molar-refractivity contribution is 0.216. The van der Waals surface area contributed by atoms with E-state index in [2.05, 4.69) is 10.6 Å². The maximum atomic E-state index is 13.2. The van der Waals surface area contributed by atoms with E-state index in [9.17, 15) is 27.3 Å². The minimum absolute atomic E-state index is 0.110. The molecule has 1 aromatic carbocycles. The van der Waals surface area contributed by atoms with Crippen LogP contribution in [0.5, 0.6) is 0 Å². The Morgan fingerprint density at radius 1 is 1.32 bits per heavy atom. The summed E-state index contributed by atoms with van der Waals surface area (Å²) in [5.74, 6) is -4.44. The fraction of sp³-hybridized carbons (Fsp3) is 0.462. The molecule has 124 valence electrons. The van der Waals surface area contributed by atoms with Crippen LogP contribution in [-0.4, -0.2) is 40.0 Å². The van der Waals surface area contributed by atoms with Gasteiger partial charge in [0.2, 0.25) is 0 Å². The Morgan fingerprint density at radius 3 is 2.32 bits per heavy atom. The van der Waals surface area contributed by atoms with Gasteiger partial charge in [0.15, 0.2) is 17.5 Å². The van der Waals surface area contributed by atoms with Crippen molar-refractivity contribution in [2.75, 3.05) is 19.4 Å². The lowest BCUT2D eigenvalue weighted by Gasteiger charge is -2.18. The largest absolute Gasteiger partial charge is 0.394 e. The van der Waals surface area contributed by atoms with Gasteiger partial charge in [-0.3, -0.25) is 4.21 Å². The van der Waals surface area contributed by atoms with Gasteiger partial charge < -0.3 is 15.7 Å². The summed E-state index contributed by atoms with van der Waals surface area (Å²) in [6.07, 6.45) is 1.49. The molecule has 0 fully saturated rings. The molecule has 2 amide bonds. The molecule has 0 saturated carbocycles. The van der Waals surface area contributed by atoms with E-state index in [0.717, 1.165) is 0 Å². The van der Waals surface area contributed by atoms with Crippen LogP contribution in [0.25, 0.3) is 0 Å². The number of rotatable bonds is 6. The predicted molar refractivity (Wildman–Crippen MR) is 76.2 cm³/mol. The van der Waals surface area contributed by atoms with Gasteiger partial charge >= 0.3 is 6.03 Å². The highest BCUT2D eigenvalue weighted by Gasteiger charge is 2.19. The molecule has 9 heteroatoms.